The van der Waals surface area contributed by atoms with E-state index in [-0.39, 0.29) is 35.9 Å². The predicted molar refractivity (Wildman–Crippen MR) is 139 cm³/mol. The van der Waals surface area contributed by atoms with E-state index in [0.29, 0.717) is 12.5 Å². The second-order valence-corrected chi connectivity index (χ2v) is 8.62. The van der Waals surface area contributed by atoms with Gasteiger partial charge in [-0.2, -0.15) is 5.10 Å². The summed E-state index contributed by atoms with van der Waals surface area (Å²) in [5, 5.41) is 11.4. The van der Waals surface area contributed by atoms with Crippen LogP contribution in [0.4, 0.5) is 0 Å². The minimum atomic E-state index is 0. The number of guanidine groups is 1. The molecule has 174 valence electrons. The molecule has 1 aliphatic carbocycles. The predicted octanol–water partition coefficient (Wildman–Crippen LogP) is 3.64. The summed E-state index contributed by atoms with van der Waals surface area (Å²) in [6.07, 6.45) is 7.46. The maximum Gasteiger partial charge on any atom is 0.225 e. The average molecular weight is 550 g/mol. The molecular formula is C24H35IN6O. The van der Waals surface area contributed by atoms with Crippen LogP contribution >= 0.6 is 24.0 Å². The summed E-state index contributed by atoms with van der Waals surface area (Å²) in [6.45, 7) is 7.02. The summed E-state index contributed by atoms with van der Waals surface area (Å²) in [4.78, 5) is 19.6. The second kappa shape index (κ2) is 11.7. The van der Waals surface area contributed by atoms with Gasteiger partial charge in [-0.15, -0.1) is 24.0 Å². The van der Waals surface area contributed by atoms with Crippen molar-refractivity contribution in [2.24, 2.45) is 10.9 Å². The van der Waals surface area contributed by atoms with Gasteiger partial charge in [-0.05, 0) is 50.8 Å². The highest BCUT2D eigenvalue weighted by atomic mass is 127. The van der Waals surface area contributed by atoms with Gasteiger partial charge in [-0.3, -0.25) is 4.79 Å². The van der Waals surface area contributed by atoms with Crippen LogP contribution in [0.2, 0.25) is 0 Å². The molecular weight excluding hydrogens is 515 g/mol. The van der Waals surface area contributed by atoms with Crippen molar-refractivity contribution in [1.82, 2.24) is 25.3 Å². The number of carbonyl (C=O) groups is 1. The number of nitrogens with one attached hydrogen (secondary N) is 2. The molecule has 1 atom stereocenters. The number of carbonyl (C=O) groups excluding carboxylic acids is 1. The van der Waals surface area contributed by atoms with Crippen molar-refractivity contribution in [3.8, 4) is 5.69 Å². The lowest BCUT2D eigenvalue weighted by Crippen LogP contribution is -2.45. The van der Waals surface area contributed by atoms with Gasteiger partial charge in [0.1, 0.15) is 0 Å². The lowest BCUT2D eigenvalue weighted by Gasteiger charge is -2.21. The Balaban J connectivity index is 0.00000289. The zero-order chi connectivity index (χ0) is 21.6. The van der Waals surface area contributed by atoms with Crippen LogP contribution in [-0.4, -0.2) is 52.2 Å². The van der Waals surface area contributed by atoms with Crippen molar-refractivity contribution in [2.75, 3.05) is 19.6 Å². The minimum absolute atomic E-state index is 0. The number of nitrogens with zero attached hydrogens (tertiary/aromatic N) is 4. The Hall–Kier alpha value is -2.10. The number of amides is 1. The summed E-state index contributed by atoms with van der Waals surface area (Å²) >= 11 is 0. The van der Waals surface area contributed by atoms with E-state index in [0.717, 1.165) is 61.8 Å². The largest absolute Gasteiger partial charge is 0.357 e. The molecule has 8 heteroatoms. The van der Waals surface area contributed by atoms with Crippen LogP contribution in [-0.2, 0) is 11.3 Å². The summed E-state index contributed by atoms with van der Waals surface area (Å²) in [5.41, 5.74) is 3.16. The van der Waals surface area contributed by atoms with Gasteiger partial charge in [0.25, 0.3) is 0 Å². The molecule has 4 rings (SSSR count). The molecule has 2 heterocycles. The smallest absolute Gasteiger partial charge is 0.225 e. The van der Waals surface area contributed by atoms with Crippen LogP contribution in [0.1, 0.15) is 50.3 Å². The summed E-state index contributed by atoms with van der Waals surface area (Å²) in [6, 6.07) is 10.5. The third kappa shape index (κ3) is 6.02. The number of hydrogen-bond acceptors (Lipinski definition) is 3. The van der Waals surface area contributed by atoms with Crippen molar-refractivity contribution in [2.45, 2.75) is 58.5 Å². The number of benzene rings is 1. The van der Waals surface area contributed by atoms with Crippen molar-refractivity contribution in [3.05, 3.63) is 47.8 Å². The number of para-hydroxylation sites is 1. The number of aromatic nitrogens is 2. The van der Waals surface area contributed by atoms with Gasteiger partial charge < -0.3 is 15.5 Å². The molecule has 1 aromatic heterocycles. The molecule has 32 heavy (non-hydrogen) atoms. The first-order chi connectivity index (χ1) is 15.1. The molecule has 2 aliphatic rings. The molecule has 2 N–H and O–H groups in total. The Morgan fingerprint density at radius 3 is 2.69 bits per heavy atom. The van der Waals surface area contributed by atoms with E-state index in [9.17, 15) is 4.79 Å². The number of hydrogen-bond donors (Lipinski definition) is 2. The van der Waals surface area contributed by atoms with E-state index < -0.39 is 0 Å². The van der Waals surface area contributed by atoms with Crippen molar-refractivity contribution in [3.63, 3.8) is 0 Å². The molecule has 1 aromatic carbocycles. The van der Waals surface area contributed by atoms with E-state index in [1.807, 2.05) is 40.9 Å². The molecule has 1 unspecified atom stereocenters. The number of likely N-dealkylation sites (tertiary alicyclic amines) is 1. The third-order valence-electron chi connectivity index (χ3n) is 6.26. The number of aliphatic imine (C=N–C) groups is 1. The Kier molecular flexibility index (Phi) is 8.95. The second-order valence-electron chi connectivity index (χ2n) is 8.62. The van der Waals surface area contributed by atoms with Crippen molar-refractivity contribution >= 4 is 35.8 Å². The lowest BCUT2D eigenvalue weighted by molar-refractivity contribution is -0.134. The van der Waals surface area contributed by atoms with Crippen LogP contribution in [0.15, 0.2) is 41.5 Å². The minimum Gasteiger partial charge on any atom is -0.357 e. The Bertz CT molecular complexity index is 921. The Morgan fingerprint density at radius 2 is 1.97 bits per heavy atom. The van der Waals surface area contributed by atoms with Crippen LogP contribution in [0.5, 0.6) is 0 Å². The van der Waals surface area contributed by atoms with Crippen LogP contribution in [0.3, 0.4) is 0 Å². The molecule has 1 aliphatic heterocycles. The Labute approximate surface area is 208 Å². The topological polar surface area (TPSA) is 74.6 Å². The highest BCUT2D eigenvalue weighted by Gasteiger charge is 2.32. The molecule has 0 spiro atoms. The van der Waals surface area contributed by atoms with E-state index in [2.05, 4.69) is 34.8 Å². The molecule has 2 aromatic rings. The quantitative estimate of drug-likeness (QED) is 0.327. The van der Waals surface area contributed by atoms with Crippen LogP contribution in [0.25, 0.3) is 5.69 Å². The molecule has 0 bridgehead atoms. The first kappa shape index (κ1) is 24.5. The van der Waals surface area contributed by atoms with E-state index in [1.165, 1.54) is 12.8 Å². The van der Waals surface area contributed by atoms with Gasteiger partial charge in [0.15, 0.2) is 5.96 Å². The van der Waals surface area contributed by atoms with Gasteiger partial charge in [-0.1, -0.05) is 31.0 Å². The first-order valence-electron chi connectivity index (χ1n) is 11.6. The van der Waals surface area contributed by atoms with Gasteiger partial charge in [0.05, 0.1) is 17.9 Å². The molecule has 1 amide bonds. The summed E-state index contributed by atoms with van der Waals surface area (Å²) in [5.74, 6) is 1.41. The average Bonchev–Trinajstić information content (AvgIpc) is 3.54. The van der Waals surface area contributed by atoms with E-state index >= 15 is 0 Å². The molecule has 2 fully saturated rings. The number of rotatable bonds is 6. The fourth-order valence-electron chi connectivity index (χ4n) is 4.60. The number of aryl methyl sites for hydroxylation is 1. The lowest BCUT2D eigenvalue weighted by atomic mass is 10.1. The SMILES string of the molecule is CCNC(=NCc1ccccc1-n1ccc(C)n1)NC1CCN(C(=O)C2CCCC2)C1.I. The third-order valence-corrected chi connectivity index (χ3v) is 6.26. The fourth-order valence-corrected chi connectivity index (χ4v) is 4.60. The highest BCUT2D eigenvalue weighted by molar-refractivity contribution is 14.0. The van der Waals surface area contributed by atoms with Gasteiger partial charge >= 0.3 is 0 Å². The summed E-state index contributed by atoms with van der Waals surface area (Å²) in [7, 11) is 0. The Morgan fingerprint density at radius 1 is 1.19 bits per heavy atom. The normalized spacial score (nSPS) is 19.1. The van der Waals surface area contributed by atoms with Crippen molar-refractivity contribution in [1.29, 1.82) is 0 Å². The van der Waals surface area contributed by atoms with Crippen LogP contribution < -0.4 is 10.6 Å². The fraction of sp³-hybridized carbons (Fsp3) is 0.542. The first-order valence-corrected chi connectivity index (χ1v) is 11.6. The zero-order valence-electron chi connectivity index (χ0n) is 19.1. The molecule has 1 saturated heterocycles. The van der Waals surface area contributed by atoms with Gasteiger partial charge in [0, 0.05) is 37.8 Å². The van der Waals surface area contributed by atoms with E-state index in [4.69, 9.17) is 4.99 Å². The summed E-state index contributed by atoms with van der Waals surface area (Å²) < 4.78 is 1.91. The maximum absolute atomic E-state index is 12.7. The van der Waals surface area contributed by atoms with E-state index in [1.54, 1.807) is 0 Å². The van der Waals surface area contributed by atoms with Crippen molar-refractivity contribution < 1.29 is 4.79 Å². The standard InChI is InChI=1S/C24H34N6O.HI/c1-3-25-24(27-21-13-14-29(17-21)23(31)19-8-4-5-9-19)26-16-20-10-6-7-11-22(20)30-15-12-18(2)28-30;/h6-7,10-12,15,19,21H,3-5,8-9,13-14,16-17H2,1-2H3,(H2,25,26,27);1H. The van der Waals surface area contributed by atoms with Crippen LogP contribution in [0, 0.1) is 12.8 Å². The molecule has 7 nitrogen and oxygen atoms in total. The monoisotopic (exact) mass is 550 g/mol. The zero-order valence-corrected chi connectivity index (χ0v) is 21.4. The highest BCUT2D eigenvalue weighted by Crippen LogP contribution is 2.27. The molecule has 0 radical (unpaired) electrons. The maximum atomic E-state index is 12.7. The number of halogens is 1. The molecule has 1 saturated carbocycles. The van der Waals surface area contributed by atoms with Gasteiger partial charge in [0.2, 0.25) is 5.91 Å². The van der Waals surface area contributed by atoms with Gasteiger partial charge in [-0.25, -0.2) is 9.67 Å².